The molecule has 0 spiro atoms. The summed E-state index contributed by atoms with van der Waals surface area (Å²) in [6.07, 6.45) is -2.34. The van der Waals surface area contributed by atoms with Gasteiger partial charge in [0, 0.05) is 32.6 Å². The summed E-state index contributed by atoms with van der Waals surface area (Å²) in [6.45, 7) is 1.56. The Hall–Kier alpha value is -0.820. The van der Waals surface area contributed by atoms with Crippen molar-refractivity contribution in [2.24, 2.45) is 0 Å². The molecule has 1 fully saturated rings. The lowest BCUT2D eigenvalue weighted by molar-refractivity contribution is -0.145. The van der Waals surface area contributed by atoms with Crippen molar-refractivity contribution in [3.63, 3.8) is 0 Å². The van der Waals surface area contributed by atoms with Gasteiger partial charge in [0.1, 0.15) is 0 Å². The van der Waals surface area contributed by atoms with Gasteiger partial charge >= 0.3 is 6.18 Å². The minimum atomic E-state index is -4.16. The number of amides is 1. The predicted molar refractivity (Wildman–Crippen MR) is 66.9 cm³/mol. The molecular weight excluding hydrogens is 259 g/mol. The Morgan fingerprint density at radius 3 is 2.58 bits per heavy atom. The molecule has 112 valence electrons. The van der Waals surface area contributed by atoms with E-state index in [1.54, 1.807) is 4.90 Å². The minimum absolute atomic E-state index is 0.0455. The van der Waals surface area contributed by atoms with Gasteiger partial charge in [-0.1, -0.05) is 0 Å². The lowest BCUT2D eigenvalue weighted by Crippen LogP contribution is -2.38. The summed E-state index contributed by atoms with van der Waals surface area (Å²) in [5.41, 5.74) is 0. The fraction of sp³-hybridized carbons (Fsp3) is 0.917. The molecule has 1 heterocycles. The summed E-state index contributed by atoms with van der Waals surface area (Å²) >= 11 is 0. The number of halogens is 3. The SMILES string of the molecule is CNCCCC(=O)N1CCCN(CC(F)(F)F)CC1. The van der Waals surface area contributed by atoms with Gasteiger partial charge in [0.2, 0.25) is 5.91 Å². The van der Waals surface area contributed by atoms with E-state index in [1.165, 1.54) is 4.90 Å². The standard InChI is InChI=1S/C12H22F3N3O/c1-16-5-2-4-11(19)18-7-3-6-17(8-9-18)10-12(13,14)15/h16H,2-10H2,1H3. The molecule has 0 unspecified atom stereocenters. The minimum Gasteiger partial charge on any atom is -0.341 e. The van der Waals surface area contributed by atoms with E-state index >= 15 is 0 Å². The Morgan fingerprint density at radius 1 is 1.21 bits per heavy atom. The number of nitrogens with zero attached hydrogens (tertiary/aromatic N) is 2. The Morgan fingerprint density at radius 2 is 1.95 bits per heavy atom. The maximum Gasteiger partial charge on any atom is 0.401 e. The molecule has 4 nitrogen and oxygen atoms in total. The van der Waals surface area contributed by atoms with Crippen LogP contribution in [-0.4, -0.2) is 68.2 Å². The second-order valence-electron chi connectivity index (χ2n) is 4.83. The zero-order valence-corrected chi connectivity index (χ0v) is 11.3. The van der Waals surface area contributed by atoms with Crippen LogP contribution in [0.5, 0.6) is 0 Å². The third kappa shape index (κ3) is 6.77. The van der Waals surface area contributed by atoms with E-state index in [1.807, 2.05) is 7.05 Å². The van der Waals surface area contributed by atoms with E-state index in [-0.39, 0.29) is 5.91 Å². The van der Waals surface area contributed by atoms with Gasteiger partial charge in [-0.3, -0.25) is 9.69 Å². The maximum atomic E-state index is 12.3. The molecule has 0 radical (unpaired) electrons. The summed E-state index contributed by atoms with van der Waals surface area (Å²) in [4.78, 5) is 14.9. The van der Waals surface area contributed by atoms with Gasteiger partial charge in [-0.2, -0.15) is 13.2 Å². The zero-order valence-electron chi connectivity index (χ0n) is 11.3. The van der Waals surface area contributed by atoms with Gasteiger partial charge < -0.3 is 10.2 Å². The molecule has 1 N–H and O–H groups in total. The smallest absolute Gasteiger partial charge is 0.341 e. The first-order valence-electron chi connectivity index (χ1n) is 6.64. The normalized spacial score (nSPS) is 18.4. The number of nitrogens with one attached hydrogen (secondary N) is 1. The first kappa shape index (κ1) is 16.2. The van der Waals surface area contributed by atoms with Crippen LogP contribution in [0.2, 0.25) is 0 Å². The van der Waals surface area contributed by atoms with Gasteiger partial charge in [0.15, 0.2) is 0 Å². The van der Waals surface area contributed by atoms with Crippen molar-refractivity contribution in [2.45, 2.75) is 25.4 Å². The van der Waals surface area contributed by atoms with Crippen molar-refractivity contribution in [3.8, 4) is 0 Å². The molecule has 1 rings (SSSR count). The van der Waals surface area contributed by atoms with Crippen molar-refractivity contribution in [1.82, 2.24) is 15.1 Å². The Balaban J connectivity index is 2.34. The molecule has 0 saturated carbocycles. The van der Waals surface area contributed by atoms with Gasteiger partial charge in [-0.25, -0.2) is 0 Å². The summed E-state index contributed by atoms with van der Waals surface area (Å²) in [5.74, 6) is 0.0455. The summed E-state index contributed by atoms with van der Waals surface area (Å²) in [6, 6.07) is 0. The monoisotopic (exact) mass is 281 g/mol. The van der Waals surface area contributed by atoms with Gasteiger partial charge in [-0.05, 0) is 26.4 Å². The second kappa shape index (κ2) is 7.69. The lowest BCUT2D eigenvalue weighted by Gasteiger charge is -2.22. The molecule has 0 bridgehead atoms. The van der Waals surface area contributed by atoms with Crippen LogP contribution >= 0.6 is 0 Å². The second-order valence-corrected chi connectivity index (χ2v) is 4.83. The van der Waals surface area contributed by atoms with E-state index in [9.17, 15) is 18.0 Å². The molecule has 1 amide bonds. The molecule has 1 aliphatic heterocycles. The molecule has 19 heavy (non-hydrogen) atoms. The number of alkyl halides is 3. The topological polar surface area (TPSA) is 35.6 Å². The highest BCUT2D eigenvalue weighted by molar-refractivity contribution is 5.76. The number of rotatable bonds is 5. The van der Waals surface area contributed by atoms with Crippen LogP contribution in [0.25, 0.3) is 0 Å². The van der Waals surface area contributed by atoms with Gasteiger partial charge in [0.05, 0.1) is 6.54 Å². The van der Waals surface area contributed by atoms with Crippen LogP contribution in [0.3, 0.4) is 0 Å². The number of hydrogen-bond acceptors (Lipinski definition) is 3. The molecule has 1 aliphatic rings. The average molecular weight is 281 g/mol. The van der Waals surface area contributed by atoms with E-state index in [4.69, 9.17) is 0 Å². The molecule has 0 aromatic heterocycles. The molecular formula is C12H22F3N3O. The molecule has 0 aliphatic carbocycles. The summed E-state index contributed by atoms with van der Waals surface area (Å²) in [7, 11) is 1.82. The van der Waals surface area contributed by atoms with Crippen LogP contribution in [0.15, 0.2) is 0 Å². The van der Waals surface area contributed by atoms with Crippen molar-refractivity contribution in [3.05, 3.63) is 0 Å². The summed E-state index contributed by atoms with van der Waals surface area (Å²) < 4.78 is 36.9. The van der Waals surface area contributed by atoms with Crippen LogP contribution in [0.4, 0.5) is 13.2 Å². The van der Waals surface area contributed by atoms with E-state index < -0.39 is 12.7 Å². The van der Waals surface area contributed by atoms with Crippen LogP contribution in [0, 0.1) is 0 Å². The number of carbonyl (C=O) groups excluding carboxylic acids is 1. The first-order valence-corrected chi connectivity index (χ1v) is 6.64. The highest BCUT2D eigenvalue weighted by Gasteiger charge is 2.31. The molecule has 7 heteroatoms. The molecule has 0 atom stereocenters. The fourth-order valence-corrected chi connectivity index (χ4v) is 2.21. The Labute approximate surface area is 111 Å². The van der Waals surface area contributed by atoms with Gasteiger partial charge in [-0.15, -0.1) is 0 Å². The average Bonchev–Trinajstić information content (AvgIpc) is 2.53. The van der Waals surface area contributed by atoms with Gasteiger partial charge in [0.25, 0.3) is 0 Å². The zero-order chi connectivity index (χ0) is 14.3. The summed E-state index contributed by atoms with van der Waals surface area (Å²) in [5, 5.41) is 2.97. The van der Waals surface area contributed by atoms with Crippen molar-refractivity contribution in [2.75, 3.05) is 46.3 Å². The highest BCUT2D eigenvalue weighted by atomic mass is 19.4. The molecule has 1 saturated heterocycles. The number of carbonyl (C=O) groups is 1. The largest absolute Gasteiger partial charge is 0.401 e. The highest BCUT2D eigenvalue weighted by Crippen LogP contribution is 2.17. The predicted octanol–water partition coefficient (Wildman–Crippen LogP) is 1.08. The fourth-order valence-electron chi connectivity index (χ4n) is 2.21. The van der Waals surface area contributed by atoms with E-state index in [0.717, 1.165) is 13.0 Å². The van der Waals surface area contributed by atoms with Crippen LogP contribution in [0.1, 0.15) is 19.3 Å². The Bertz CT molecular complexity index is 284. The third-order valence-electron chi connectivity index (χ3n) is 3.16. The number of hydrogen-bond donors (Lipinski definition) is 1. The first-order chi connectivity index (χ1) is 8.92. The lowest BCUT2D eigenvalue weighted by atomic mass is 10.2. The van der Waals surface area contributed by atoms with Crippen molar-refractivity contribution in [1.29, 1.82) is 0 Å². The van der Waals surface area contributed by atoms with E-state index in [0.29, 0.717) is 39.0 Å². The van der Waals surface area contributed by atoms with Crippen LogP contribution in [-0.2, 0) is 4.79 Å². The third-order valence-corrected chi connectivity index (χ3v) is 3.16. The van der Waals surface area contributed by atoms with E-state index in [2.05, 4.69) is 5.32 Å². The molecule has 0 aromatic carbocycles. The maximum absolute atomic E-state index is 12.3. The van der Waals surface area contributed by atoms with Crippen LogP contribution < -0.4 is 5.32 Å². The Kier molecular flexibility index (Phi) is 6.57. The van der Waals surface area contributed by atoms with Crippen molar-refractivity contribution < 1.29 is 18.0 Å². The van der Waals surface area contributed by atoms with Crippen molar-refractivity contribution >= 4 is 5.91 Å². The quantitative estimate of drug-likeness (QED) is 0.766. The molecule has 0 aromatic rings.